The minimum atomic E-state index is -0.508. The summed E-state index contributed by atoms with van der Waals surface area (Å²) in [6, 6.07) is 0. The van der Waals surface area contributed by atoms with Gasteiger partial charge in [0, 0.05) is 13.0 Å². The zero-order valence-electron chi connectivity index (χ0n) is 6.06. The van der Waals surface area contributed by atoms with Crippen LogP contribution in [0.1, 0.15) is 19.3 Å². The summed E-state index contributed by atoms with van der Waals surface area (Å²) in [5, 5.41) is 12.8. The van der Waals surface area contributed by atoms with Gasteiger partial charge in [-0.2, -0.15) is 0 Å². The van der Waals surface area contributed by atoms with Gasteiger partial charge in [0.05, 0.1) is 5.60 Å². The molecule has 0 amide bonds. The van der Waals surface area contributed by atoms with Crippen LogP contribution in [0, 0.1) is 12.3 Å². The van der Waals surface area contributed by atoms with Crippen molar-refractivity contribution in [1.82, 2.24) is 5.32 Å². The summed E-state index contributed by atoms with van der Waals surface area (Å²) in [7, 11) is 0. The molecule has 0 aromatic carbocycles. The summed E-state index contributed by atoms with van der Waals surface area (Å²) in [5.41, 5.74) is -0.508. The normalized spacial score (nSPS) is 32.0. The predicted molar refractivity (Wildman–Crippen MR) is 40.5 cm³/mol. The Labute approximate surface area is 61.6 Å². The van der Waals surface area contributed by atoms with Crippen LogP contribution in [0.5, 0.6) is 0 Å². The van der Waals surface area contributed by atoms with E-state index >= 15 is 0 Å². The summed E-state index contributed by atoms with van der Waals surface area (Å²) < 4.78 is 0. The first kappa shape index (κ1) is 7.59. The van der Waals surface area contributed by atoms with Crippen molar-refractivity contribution in [1.29, 1.82) is 0 Å². The molecule has 1 aliphatic rings. The maximum atomic E-state index is 9.66. The molecule has 0 aliphatic carbocycles. The van der Waals surface area contributed by atoms with Crippen molar-refractivity contribution in [3.8, 4) is 12.3 Å². The van der Waals surface area contributed by atoms with Gasteiger partial charge in [-0.25, -0.2) is 0 Å². The van der Waals surface area contributed by atoms with E-state index in [-0.39, 0.29) is 0 Å². The molecule has 0 aromatic rings. The van der Waals surface area contributed by atoms with E-state index in [1.165, 1.54) is 0 Å². The fraction of sp³-hybridized carbons (Fsp3) is 0.750. The summed E-state index contributed by atoms with van der Waals surface area (Å²) in [6.07, 6.45) is 7.34. The van der Waals surface area contributed by atoms with Crippen molar-refractivity contribution >= 4 is 0 Å². The van der Waals surface area contributed by atoms with E-state index < -0.39 is 5.60 Å². The van der Waals surface area contributed by atoms with Gasteiger partial charge in [0.1, 0.15) is 0 Å². The minimum Gasteiger partial charge on any atom is -0.388 e. The number of rotatable bonds is 2. The lowest BCUT2D eigenvalue weighted by molar-refractivity contribution is 0.0539. The Morgan fingerprint density at radius 2 is 2.50 bits per heavy atom. The van der Waals surface area contributed by atoms with Crippen molar-refractivity contribution in [3.63, 3.8) is 0 Å². The lowest BCUT2D eigenvalue weighted by Gasteiger charge is -2.18. The second-order valence-corrected chi connectivity index (χ2v) is 2.86. The first-order valence-electron chi connectivity index (χ1n) is 3.63. The molecule has 2 N–H and O–H groups in total. The number of nitrogens with one attached hydrogen (secondary N) is 1. The van der Waals surface area contributed by atoms with Crippen molar-refractivity contribution in [3.05, 3.63) is 0 Å². The molecular weight excluding hydrogens is 126 g/mol. The minimum absolute atomic E-state index is 0.508. The molecule has 2 nitrogen and oxygen atoms in total. The first-order valence-corrected chi connectivity index (χ1v) is 3.63. The molecule has 1 saturated heterocycles. The Balaban J connectivity index is 2.30. The molecule has 1 heterocycles. The third-order valence-electron chi connectivity index (χ3n) is 1.96. The van der Waals surface area contributed by atoms with Crippen LogP contribution >= 0.6 is 0 Å². The molecule has 10 heavy (non-hydrogen) atoms. The molecule has 0 radical (unpaired) electrons. The molecule has 0 saturated carbocycles. The Bertz CT molecular complexity index is 142. The Morgan fingerprint density at radius 1 is 1.70 bits per heavy atom. The molecule has 1 fully saturated rings. The third kappa shape index (κ3) is 1.73. The zero-order chi connectivity index (χ0) is 7.45. The van der Waals surface area contributed by atoms with Gasteiger partial charge < -0.3 is 10.4 Å². The van der Waals surface area contributed by atoms with Gasteiger partial charge in [0.15, 0.2) is 0 Å². The lowest BCUT2D eigenvalue weighted by atomic mass is 9.97. The van der Waals surface area contributed by atoms with Crippen LogP contribution in [0.2, 0.25) is 0 Å². The van der Waals surface area contributed by atoms with Gasteiger partial charge in [0.2, 0.25) is 0 Å². The predicted octanol–water partition coefficient (Wildman–Crippen LogP) is 0.124. The highest BCUT2D eigenvalue weighted by Gasteiger charge is 2.29. The Kier molecular flexibility index (Phi) is 2.31. The van der Waals surface area contributed by atoms with E-state index in [9.17, 15) is 5.11 Å². The van der Waals surface area contributed by atoms with Crippen LogP contribution in [-0.2, 0) is 0 Å². The topological polar surface area (TPSA) is 32.3 Å². The van der Waals surface area contributed by atoms with Crippen LogP contribution < -0.4 is 5.32 Å². The SMILES string of the molecule is C#CCCC1(O)CCNC1. The second-order valence-electron chi connectivity index (χ2n) is 2.86. The average Bonchev–Trinajstić information content (AvgIpc) is 2.33. The van der Waals surface area contributed by atoms with Crippen LogP contribution in [0.25, 0.3) is 0 Å². The molecule has 2 heteroatoms. The Hall–Kier alpha value is -0.520. The highest BCUT2D eigenvalue weighted by Crippen LogP contribution is 2.19. The summed E-state index contributed by atoms with van der Waals surface area (Å²) in [5.74, 6) is 2.53. The number of aliphatic hydroxyl groups is 1. The van der Waals surface area contributed by atoms with E-state index in [4.69, 9.17) is 6.42 Å². The van der Waals surface area contributed by atoms with Crippen LogP contribution in [-0.4, -0.2) is 23.8 Å². The van der Waals surface area contributed by atoms with Gasteiger partial charge in [-0.1, -0.05) is 0 Å². The zero-order valence-corrected chi connectivity index (χ0v) is 6.06. The van der Waals surface area contributed by atoms with Crippen molar-refractivity contribution in [2.75, 3.05) is 13.1 Å². The average molecular weight is 139 g/mol. The Morgan fingerprint density at radius 3 is 3.00 bits per heavy atom. The van der Waals surface area contributed by atoms with Crippen molar-refractivity contribution in [2.45, 2.75) is 24.9 Å². The fourth-order valence-corrected chi connectivity index (χ4v) is 1.25. The smallest absolute Gasteiger partial charge is 0.0792 e. The van der Waals surface area contributed by atoms with Crippen LogP contribution in [0.3, 0.4) is 0 Å². The molecule has 1 atom stereocenters. The highest BCUT2D eigenvalue weighted by molar-refractivity contribution is 4.93. The number of β-amino-alcohol motifs (C(OH)–C–C–N with tert-alkyl or cyclic N) is 1. The fourth-order valence-electron chi connectivity index (χ4n) is 1.25. The highest BCUT2D eigenvalue weighted by atomic mass is 16.3. The van der Waals surface area contributed by atoms with E-state index in [1.807, 2.05) is 0 Å². The lowest BCUT2D eigenvalue weighted by Crippen LogP contribution is -2.30. The summed E-state index contributed by atoms with van der Waals surface area (Å²) in [6.45, 7) is 1.62. The molecule has 1 unspecified atom stereocenters. The van der Waals surface area contributed by atoms with Gasteiger partial charge in [-0.15, -0.1) is 12.3 Å². The summed E-state index contributed by atoms with van der Waals surface area (Å²) in [4.78, 5) is 0. The third-order valence-corrected chi connectivity index (χ3v) is 1.96. The van der Waals surface area contributed by atoms with Crippen LogP contribution in [0.4, 0.5) is 0 Å². The largest absolute Gasteiger partial charge is 0.388 e. The number of hydrogen-bond acceptors (Lipinski definition) is 2. The standard InChI is InChI=1S/C8H13NO/c1-2-3-4-8(10)5-6-9-7-8/h1,9-10H,3-7H2. The number of hydrogen-bond donors (Lipinski definition) is 2. The molecule has 0 bridgehead atoms. The van der Waals surface area contributed by atoms with E-state index in [0.717, 1.165) is 19.4 Å². The molecule has 0 spiro atoms. The van der Waals surface area contributed by atoms with Gasteiger partial charge in [0.25, 0.3) is 0 Å². The molecule has 1 aliphatic heterocycles. The number of terminal acetylenes is 1. The van der Waals surface area contributed by atoms with Gasteiger partial charge in [-0.05, 0) is 19.4 Å². The molecule has 1 rings (SSSR count). The van der Waals surface area contributed by atoms with Crippen LogP contribution in [0.15, 0.2) is 0 Å². The maximum Gasteiger partial charge on any atom is 0.0792 e. The summed E-state index contributed by atoms with van der Waals surface area (Å²) >= 11 is 0. The quantitative estimate of drug-likeness (QED) is 0.533. The molecular formula is C8H13NO. The van der Waals surface area contributed by atoms with E-state index in [1.54, 1.807) is 0 Å². The maximum absolute atomic E-state index is 9.66. The second kappa shape index (κ2) is 3.05. The molecule has 56 valence electrons. The monoisotopic (exact) mass is 139 g/mol. The van der Waals surface area contributed by atoms with E-state index in [2.05, 4.69) is 11.2 Å². The van der Waals surface area contributed by atoms with Crippen molar-refractivity contribution in [2.24, 2.45) is 0 Å². The van der Waals surface area contributed by atoms with E-state index in [0.29, 0.717) is 13.0 Å². The van der Waals surface area contributed by atoms with Crippen molar-refractivity contribution < 1.29 is 5.11 Å². The van der Waals surface area contributed by atoms with Gasteiger partial charge >= 0.3 is 0 Å². The molecule has 0 aromatic heterocycles. The van der Waals surface area contributed by atoms with Gasteiger partial charge in [-0.3, -0.25) is 0 Å². The first-order chi connectivity index (χ1) is 4.77.